The highest BCUT2D eigenvalue weighted by Gasteiger charge is 2.10. The van der Waals surface area contributed by atoms with E-state index in [-0.39, 0.29) is 0 Å². The highest BCUT2D eigenvalue weighted by Crippen LogP contribution is 2.20. The van der Waals surface area contributed by atoms with Gasteiger partial charge >= 0.3 is 0 Å². The molecule has 2 aromatic rings. The van der Waals surface area contributed by atoms with Crippen molar-refractivity contribution in [2.45, 2.75) is 39.5 Å². The van der Waals surface area contributed by atoms with Crippen molar-refractivity contribution < 1.29 is 4.79 Å². The summed E-state index contributed by atoms with van der Waals surface area (Å²) in [5.74, 6) is 0.866. The van der Waals surface area contributed by atoms with E-state index in [4.69, 9.17) is 0 Å². The van der Waals surface area contributed by atoms with Gasteiger partial charge in [0.15, 0.2) is 0 Å². The normalized spacial score (nSPS) is 12.5. The van der Waals surface area contributed by atoms with Crippen LogP contribution >= 0.6 is 0 Å². The Morgan fingerprint density at radius 3 is 2.63 bits per heavy atom. The number of fused-ring (bicyclic) bond motifs is 1. The lowest BCUT2D eigenvalue weighted by molar-refractivity contribution is -0.119. The fraction of sp³-hybridized carbons (Fsp3) is 0.389. The zero-order chi connectivity index (χ0) is 13.7. The van der Waals surface area contributed by atoms with E-state index in [2.05, 4.69) is 38.1 Å². The van der Waals surface area contributed by atoms with Gasteiger partial charge in [0.2, 0.25) is 0 Å². The standard InChI is InChI=1S/C18H22O/c1-3-7-14(2)12-17(19)13-16-10-6-9-15-8-4-5-11-18(15)16/h4-6,8-11,14H,3,7,12-13H2,1-2H3. The second-order valence-corrected chi connectivity index (χ2v) is 5.45. The summed E-state index contributed by atoms with van der Waals surface area (Å²) in [6.07, 6.45) is 3.57. The molecule has 0 N–H and O–H groups in total. The molecule has 100 valence electrons. The number of carbonyl (C=O) groups excluding carboxylic acids is 1. The van der Waals surface area contributed by atoms with E-state index in [0.717, 1.165) is 18.4 Å². The zero-order valence-electron chi connectivity index (χ0n) is 11.9. The molecule has 0 aromatic heterocycles. The van der Waals surface area contributed by atoms with Gasteiger partial charge in [-0.05, 0) is 22.3 Å². The molecular formula is C18H22O. The summed E-state index contributed by atoms with van der Waals surface area (Å²) in [6, 6.07) is 14.5. The first-order valence-corrected chi connectivity index (χ1v) is 7.19. The third-order valence-electron chi connectivity index (χ3n) is 3.63. The van der Waals surface area contributed by atoms with Crippen LogP contribution in [0.25, 0.3) is 10.8 Å². The van der Waals surface area contributed by atoms with Gasteiger partial charge in [0.25, 0.3) is 0 Å². The first-order chi connectivity index (χ1) is 9.20. The Kier molecular flexibility index (Phi) is 4.73. The number of hydrogen-bond donors (Lipinski definition) is 0. The quantitative estimate of drug-likeness (QED) is 0.725. The second-order valence-electron chi connectivity index (χ2n) is 5.45. The number of hydrogen-bond acceptors (Lipinski definition) is 1. The maximum atomic E-state index is 12.1. The fourth-order valence-corrected chi connectivity index (χ4v) is 2.71. The van der Waals surface area contributed by atoms with Crippen molar-refractivity contribution in [3.63, 3.8) is 0 Å². The number of Topliss-reactive ketones (excluding diaryl/α,β-unsaturated/α-hetero) is 1. The third kappa shape index (κ3) is 3.66. The summed E-state index contributed by atoms with van der Waals surface area (Å²) in [5.41, 5.74) is 1.16. The molecule has 0 heterocycles. The topological polar surface area (TPSA) is 17.1 Å². The van der Waals surface area contributed by atoms with Gasteiger partial charge < -0.3 is 0 Å². The molecule has 1 nitrogen and oxygen atoms in total. The van der Waals surface area contributed by atoms with E-state index in [1.165, 1.54) is 10.8 Å². The lowest BCUT2D eigenvalue weighted by Gasteiger charge is -2.10. The largest absolute Gasteiger partial charge is 0.299 e. The van der Waals surface area contributed by atoms with Crippen molar-refractivity contribution >= 4 is 16.6 Å². The summed E-state index contributed by atoms with van der Waals surface area (Å²) in [5, 5.41) is 2.43. The minimum Gasteiger partial charge on any atom is -0.299 e. The minimum absolute atomic E-state index is 0.359. The van der Waals surface area contributed by atoms with Crippen LogP contribution in [0, 0.1) is 5.92 Å². The van der Waals surface area contributed by atoms with Crippen molar-refractivity contribution in [1.29, 1.82) is 0 Å². The maximum absolute atomic E-state index is 12.1. The molecule has 0 saturated heterocycles. The van der Waals surface area contributed by atoms with Gasteiger partial charge in [-0.15, -0.1) is 0 Å². The molecule has 1 unspecified atom stereocenters. The van der Waals surface area contributed by atoms with E-state index < -0.39 is 0 Å². The first kappa shape index (κ1) is 13.8. The summed E-state index contributed by atoms with van der Waals surface area (Å²) in [6.45, 7) is 4.34. The van der Waals surface area contributed by atoms with Crippen LogP contribution in [-0.2, 0) is 11.2 Å². The summed E-state index contributed by atoms with van der Waals surface area (Å²) in [4.78, 5) is 12.1. The summed E-state index contributed by atoms with van der Waals surface area (Å²) >= 11 is 0. The van der Waals surface area contributed by atoms with Crippen LogP contribution < -0.4 is 0 Å². The van der Waals surface area contributed by atoms with Crippen molar-refractivity contribution in [2.75, 3.05) is 0 Å². The Bertz CT molecular complexity index is 551. The van der Waals surface area contributed by atoms with Crippen LogP contribution in [0.2, 0.25) is 0 Å². The number of benzene rings is 2. The predicted octanol–water partition coefficient (Wildman–Crippen LogP) is 4.78. The monoisotopic (exact) mass is 254 g/mol. The Morgan fingerprint density at radius 1 is 1.11 bits per heavy atom. The maximum Gasteiger partial charge on any atom is 0.137 e. The van der Waals surface area contributed by atoms with Gasteiger partial charge in [-0.3, -0.25) is 4.79 Å². The Morgan fingerprint density at radius 2 is 1.84 bits per heavy atom. The second kappa shape index (κ2) is 6.51. The molecule has 0 amide bonds. The molecule has 0 aliphatic carbocycles. The minimum atomic E-state index is 0.359. The van der Waals surface area contributed by atoms with Gasteiger partial charge in [0.05, 0.1) is 0 Å². The van der Waals surface area contributed by atoms with Crippen molar-refractivity contribution in [2.24, 2.45) is 5.92 Å². The van der Waals surface area contributed by atoms with Crippen LogP contribution in [0.5, 0.6) is 0 Å². The molecule has 0 fully saturated rings. The van der Waals surface area contributed by atoms with Crippen LogP contribution in [0.3, 0.4) is 0 Å². The Labute approximate surface area is 115 Å². The lowest BCUT2D eigenvalue weighted by atomic mass is 9.94. The third-order valence-corrected chi connectivity index (χ3v) is 3.63. The van der Waals surface area contributed by atoms with Gasteiger partial charge in [-0.25, -0.2) is 0 Å². The molecular weight excluding hydrogens is 232 g/mol. The molecule has 19 heavy (non-hydrogen) atoms. The highest BCUT2D eigenvalue weighted by atomic mass is 16.1. The smallest absolute Gasteiger partial charge is 0.137 e. The molecule has 0 aliphatic heterocycles. The lowest BCUT2D eigenvalue weighted by Crippen LogP contribution is -2.08. The highest BCUT2D eigenvalue weighted by molar-refractivity contribution is 5.90. The first-order valence-electron chi connectivity index (χ1n) is 7.19. The summed E-state index contributed by atoms with van der Waals surface area (Å²) < 4.78 is 0. The van der Waals surface area contributed by atoms with E-state index in [1.807, 2.05) is 18.2 Å². The molecule has 0 bridgehead atoms. The Balaban J connectivity index is 2.11. The number of carbonyl (C=O) groups is 1. The van der Waals surface area contributed by atoms with E-state index in [1.54, 1.807) is 0 Å². The molecule has 0 radical (unpaired) electrons. The number of rotatable bonds is 6. The molecule has 2 aromatic carbocycles. The number of ketones is 1. The Hall–Kier alpha value is -1.63. The molecule has 1 atom stereocenters. The van der Waals surface area contributed by atoms with Crippen molar-refractivity contribution in [3.8, 4) is 0 Å². The van der Waals surface area contributed by atoms with E-state index in [9.17, 15) is 4.79 Å². The van der Waals surface area contributed by atoms with Gasteiger partial charge in [-0.2, -0.15) is 0 Å². The molecule has 1 heteroatoms. The van der Waals surface area contributed by atoms with Crippen molar-refractivity contribution in [1.82, 2.24) is 0 Å². The fourth-order valence-electron chi connectivity index (χ4n) is 2.71. The molecule has 0 aliphatic rings. The van der Waals surface area contributed by atoms with Gasteiger partial charge in [0, 0.05) is 12.8 Å². The van der Waals surface area contributed by atoms with Crippen LogP contribution in [0.15, 0.2) is 42.5 Å². The SMILES string of the molecule is CCCC(C)CC(=O)Cc1cccc2ccccc12. The van der Waals surface area contributed by atoms with Crippen LogP contribution in [0.1, 0.15) is 38.7 Å². The van der Waals surface area contributed by atoms with E-state index >= 15 is 0 Å². The molecule has 2 rings (SSSR count). The summed E-state index contributed by atoms with van der Waals surface area (Å²) in [7, 11) is 0. The average Bonchev–Trinajstić information content (AvgIpc) is 2.39. The van der Waals surface area contributed by atoms with Crippen LogP contribution in [0.4, 0.5) is 0 Å². The van der Waals surface area contributed by atoms with Gasteiger partial charge in [0.1, 0.15) is 5.78 Å². The van der Waals surface area contributed by atoms with Crippen LogP contribution in [-0.4, -0.2) is 5.78 Å². The van der Waals surface area contributed by atoms with Crippen molar-refractivity contribution in [3.05, 3.63) is 48.0 Å². The van der Waals surface area contributed by atoms with E-state index in [0.29, 0.717) is 24.5 Å². The zero-order valence-corrected chi connectivity index (χ0v) is 11.9. The molecule has 0 saturated carbocycles. The predicted molar refractivity (Wildman–Crippen MR) is 81.3 cm³/mol. The molecule has 0 spiro atoms. The van der Waals surface area contributed by atoms with Gasteiger partial charge in [-0.1, -0.05) is 69.2 Å². The average molecular weight is 254 g/mol.